The number of para-hydroxylation sites is 1. The van der Waals surface area contributed by atoms with E-state index in [0.717, 1.165) is 29.8 Å². The number of nitro groups is 1. The number of benzene rings is 1. The number of nitrogens with zero attached hydrogens (tertiary/aromatic N) is 5. The Hall–Kier alpha value is -4.00. The van der Waals surface area contributed by atoms with Crippen molar-refractivity contribution in [2.45, 2.75) is 6.42 Å². The fourth-order valence-corrected chi connectivity index (χ4v) is 3.40. The van der Waals surface area contributed by atoms with Crippen molar-refractivity contribution in [1.29, 1.82) is 0 Å². The molecule has 1 fully saturated rings. The summed E-state index contributed by atoms with van der Waals surface area (Å²) in [5.74, 6) is -3.02. The summed E-state index contributed by atoms with van der Waals surface area (Å²) >= 11 is 0. The maximum Gasteiger partial charge on any atom is 0.414 e. The van der Waals surface area contributed by atoms with Crippen LogP contribution < -0.4 is 16.1 Å². The first-order valence-corrected chi connectivity index (χ1v) is 9.95. The second-order valence-corrected chi connectivity index (χ2v) is 7.32. The summed E-state index contributed by atoms with van der Waals surface area (Å²) in [4.78, 5) is 57.3. The second kappa shape index (κ2) is 11.0. The van der Waals surface area contributed by atoms with E-state index >= 15 is 0 Å². The number of hydrogen-bond donors (Lipinski definition) is 2. The SMILES string of the molecule is Cn1c(N2CCN(CCc3ccccc3[N+](=O)[O-])CC2)cc(=O)n(C)c1=O.O=C(O)C(=O)O. The van der Waals surface area contributed by atoms with Gasteiger partial charge >= 0.3 is 17.6 Å². The van der Waals surface area contributed by atoms with Crippen LogP contribution in [0.3, 0.4) is 0 Å². The Balaban J connectivity index is 0.000000569. The van der Waals surface area contributed by atoms with Crippen LogP contribution >= 0.6 is 0 Å². The van der Waals surface area contributed by atoms with Crippen molar-refractivity contribution in [3.8, 4) is 0 Å². The zero-order valence-corrected chi connectivity index (χ0v) is 18.2. The highest BCUT2D eigenvalue weighted by molar-refractivity contribution is 6.27. The third-order valence-corrected chi connectivity index (χ3v) is 5.27. The lowest BCUT2D eigenvalue weighted by atomic mass is 10.1. The van der Waals surface area contributed by atoms with Gasteiger partial charge in [0.05, 0.1) is 4.92 Å². The van der Waals surface area contributed by atoms with Gasteiger partial charge in [0.2, 0.25) is 0 Å². The Kier molecular flexibility index (Phi) is 8.45. The summed E-state index contributed by atoms with van der Waals surface area (Å²) in [5.41, 5.74) is 0.244. The minimum Gasteiger partial charge on any atom is -0.473 e. The Morgan fingerprint density at radius 1 is 1.00 bits per heavy atom. The summed E-state index contributed by atoms with van der Waals surface area (Å²) in [6.07, 6.45) is 0.613. The summed E-state index contributed by atoms with van der Waals surface area (Å²) in [5, 5.41) is 25.9. The van der Waals surface area contributed by atoms with E-state index in [1.807, 2.05) is 11.0 Å². The summed E-state index contributed by atoms with van der Waals surface area (Å²) in [6, 6.07) is 8.31. The smallest absolute Gasteiger partial charge is 0.414 e. The number of carbonyl (C=O) groups is 2. The van der Waals surface area contributed by atoms with Crippen LogP contribution in [0.2, 0.25) is 0 Å². The molecule has 1 aliphatic rings. The predicted molar refractivity (Wildman–Crippen MR) is 118 cm³/mol. The van der Waals surface area contributed by atoms with Crippen LogP contribution in [0.5, 0.6) is 0 Å². The van der Waals surface area contributed by atoms with Crippen LogP contribution in [0, 0.1) is 10.1 Å². The molecule has 2 aromatic rings. The van der Waals surface area contributed by atoms with Gasteiger partial charge in [-0.1, -0.05) is 18.2 Å². The Morgan fingerprint density at radius 3 is 2.12 bits per heavy atom. The van der Waals surface area contributed by atoms with Crippen molar-refractivity contribution in [2.24, 2.45) is 14.1 Å². The fraction of sp³-hybridized carbons (Fsp3) is 0.400. The number of piperazine rings is 1. The van der Waals surface area contributed by atoms with Gasteiger partial charge in [0, 0.05) is 64.5 Å². The highest BCUT2D eigenvalue weighted by Gasteiger charge is 2.21. The van der Waals surface area contributed by atoms with Gasteiger partial charge in [-0.05, 0) is 6.42 Å². The molecule has 1 aromatic carbocycles. The number of nitro benzene ring substituents is 1. The van der Waals surface area contributed by atoms with Gasteiger partial charge in [-0.2, -0.15) is 0 Å². The van der Waals surface area contributed by atoms with Crippen LogP contribution in [-0.2, 0) is 30.1 Å². The van der Waals surface area contributed by atoms with Gasteiger partial charge in [-0.25, -0.2) is 14.4 Å². The third kappa shape index (κ3) is 6.49. The molecule has 1 aliphatic heterocycles. The van der Waals surface area contributed by atoms with E-state index in [1.165, 1.54) is 23.7 Å². The maximum atomic E-state index is 12.1. The maximum absolute atomic E-state index is 12.1. The lowest BCUT2D eigenvalue weighted by Crippen LogP contribution is -2.49. The first-order valence-electron chi connectivity index (χ1n) is 9.95. The molecule has 0 bridgehead atoms. The molecular weight excluding hydrogens is 438 g/mol. The lowest BCUT2D eigenvalue weighted by Gasteiger charge is -2.36. The molecule has 33 heavy (non-hydrogen) atoms. The van der Waals surface area contributed by atoms with Crippen LogP contribution in [0.4, 0.5) is 11.5 Å². The van der Waals surface area contributed by atoms with Crippen LogP contribution in [0.15, 0.2) is 39.9 Å². The van der Waals surface area contributed by atoms with E-state index in [2.05, 4.69) is 4.90 Å². The highest BCUT2D eigenvalue weighted by atomic mass is 16.6. The zero-order valence-electron chi connectivity index (χ0n) is 18.2. The first-order chi connectivity index (χ1) is 15.5. The number of hydrogen-bond acceptors (Lipinski definition) is 8. The van der Waals surface area contributed by atoms with E-state index in [-0.39, 0.29) is 21.9 Å². The largest absolute Gasteiger partial charge is 0.473 e. The number of carboxylic acid groups (broad SMARTS) is 2. The summed E-state index contributed by atoms with van der Waals surface area (Å²) < 4.78 is 2.58. The molecule has 0 unspecified atom stereocenters. The van der Waals surface area contributed by atoms with Crippen LogP contribution in [-0.4, -0.2) is 73.8 Å². The molecule has 0 saturated carbocycles. The van der Waals surface area contributed by atoms with Gasteiger partial charge in [-0.15, -0.1) is 0 Å². The van der Waals surface area contributed by atoms with Crippen LogP contribution in [0.1, 0.15) is 5.56 Å². The Labute approximate surface area is 187 Å². The van der Waals surface area contributed by atoms with Gasteiger partial charge in [-0.3, -0.25) is 28.9 Å². The molecule has 13 nitrogen and oxygen atoms in total. The van der Waals surface area contributed by atoms with Gasteiger partial charge in [0.25, 0.3) is 11.2 Å². The predicted octanol–water partition coefficient (Wildman–Crippen LogP) is -0.487. The molecule has 178 valence electrons. The van der Waals surface area contributed by atoms with E-state index in [0.29, 0.717) is 25.3 Å². The van der Waals surface area contributed by atoms with E-state index in [4.69, 9.17) is 19.8 Å². The number of anilines is 1. The van der Waals surface area contributed by atoms with Crippen molar-refractivity contribution in [3.05, 3.63) is 66.8 Å². The number of carboxylic acids is 2. The van der Waals surface area contributed by atoms with Crippen molar-refractivity contribution in [2.75, 3.05) is 37.6 Å². The molecule has 0 amide bonds. The van der Waals surface area contributed by atoms with Crippen molar-refractivity contribution in [3.63, 3.8) is 0 Å². The monoisotopic (exact) mass is 463 g/mol. The topological polar surface area (TPSA) is 168 Å². The molecule has 2 heterocycles. The van der Waals surface area contributed by atoms with Crippen molar-refractivity contribution < 1.29 is 24.7 Å². The number of aliphatic carboxylic acids is 2. The molecule has 1 aromatic heterocycles. The molecule has 0 aliphatic carbocycles. The quantitative estimate of drug-likeness (QED) is 0.335. The van der Waals surface area contributed by atoms with E-state index < -0.39 is 11.9 Å². The van der Waals surface area contributed by atoms with Crippen molar-refractivity contribution in [1.82, 2.24) is 14.0 Å². The molecule has 0 spiro atoms. The molecular formula is C20H25N5O8. The molecule has 3 rings (SSSR count). The van der Waals surface area contributed by atoms with Gasteiger partial charge in [0.1, 0.15) is 5.82 Å². The average Bonchev–Trinajstić information content (AvgIpc) is 2.79. The molecule has 2 N–H and O–H groups in total. The number of rotatable bonds is 5. The second-order valence-electron chi connectivity index (χ2n) is 7.32. The van der Waals surface area contributed by atoms with Crippen molar-refractivity contribution >= 4 is 23.4 Å². The average molecular weight is 463 g/mol. The van der Waals surface area contributed by atoms with Gasteiger partial charge in [0.15, 0.2) is 0 Å². The molecule has 13 heteroatoms. The first kappa shape index (κ1) is 25.3. The van der Waals surface area contributed by atoms with Gasteiger partial charge < -0.3 is 15.1 Å². The minimum atomic E-state index is -1.82. The minimum absolute atomic E-state index is 0.159. The summed E-state index contributed by atoms with van der Waals surface area (Å²) in [6.45, 7) is 3.65. The molecule has 0 atom stereocenters. The normalized spacial score (nSPS) is 13.7. The zero-order chi connectivity index (χ0) is 24.7. The Bertz CT molecular complexity index is 1140. The molecule has 0 radical (unpaired) electrons. The fourth-order valence-electron chi connectivity index (χ4n) is 3.40. The van der Waals surface area contributed by atoms with E-state index in [9.17, 15) is 19.7 Å². The van der Waals surface area contributed by atoms with E-state index in [1.54, 1.807) is 19.2 Å². The van der Waals surface area contributed by atoms with Crippen LogP contribution in [0.25, 0.3) is 0 Å². The molecule has 1 saturated heterocycles. The number of aromatic nitrogens is 2. The standard InChI is InChI=1S/C18H23N5O4.C2H2O4/c1-19-16(13-17(24)20(2)18(19)25)22-11-9-21(10-12-22)8-7-14-5-3-4-6-15(14)23(26)27;3-1(4)2(5)6/h3-6,13H,7-12H2,1-2H3;(H,3,4)(H,5,6). The summed E-state index contributed by atoms with van der Waals surface area (Å²) in [7, 11) is 3.13. The Morgan fingerprint density at radius 2 is 1.58 bits per heavy atom. The highest BCUT2D eigenvalue weighted by Crippen LogP contribution is 2.19. The third-order valence-electron chi connectivity index (χ3n) is 5.27. The lowest BCUT2D eigenvalue weighted by molar-refractivity contribution is -0.385.